The van der Waals surface area contributed by atoms with Gasteiger partial charge in [-0.15, -0.1) is 11.3 Å². The maximum Gasteiger partial charge on any atom is 0.223 e. The Morgan fingerprint density at radius 2 is 2.14 bits per heavy atom. The van der Waals surface area contributed by atoms with Crippen molar-refractivity contribution in [2.24, 2.45) is 11.7 Å². The number of carbonyl (C=O) groups excluding carboxylic acids is 1. The molecule has 0 unspecified atom stereocenters. The molecule has 0 aliphatic heterocycles. The van der Waals surface area contributed by atoms with Gasteiger partial charge in [0.2, 0.25) is 5.91 Å². The van der Waals surface area contributed by atoms with Gasteiger partial charge in [0.1, 0.15) is 5.01 Å². The van der Waals surface area contributed by atoms with E-state index in [1.54, 1.807) is 11.3 Å². The van der Waals surface area contributed by atoms with Gasteiger partial charge in [-0.2, -0.15) is 0 Å². The highest BCUT2D eigenvalue weighted by atomic mass is 32.1. The molecule has 0 radical (unpaired) electrons. The van der Waals surface area contributed by atoms with Crippen molar-refractivity contribution in [3.8, 4) is 0 Å². The lowest BCUT2D eigenvalue weighted by Gasteiger charge is -2.20. The third-order valence-corrected chi connectivity index (χ3v) is 5.98. The van der Waals surface area contributed by atoms with E-state index < -0.39 is 0 Å². The second kappa shape index (κ2) is 6.44. The molecule has 1 saturated carbocycles. The lowest BCUT2D eigenvalue weighted by atomic mass is 9.99. The zero-order valence-electron chi connectivity index (χ0n) is 12.8. The van der Waals surface area contributed by atoms with Crippen LogP contribution in [0.5, 0.6) is 0 Å². The van der Waals surface area contributed by atoms with Crippen molar-refractivity contribution in [3.05, 3.63) is 15.6 Å². The molecule has 2 aliphatic rings. The molecule has 1 amide bonds. The van der Waals surface area contributed by atoms with Crippen LogP contribution in [0.4, 0.5) is 0 Å². The lowest BCUT2D eigenvalue weighted by molar-refractivity contribution is -0.131. The van der Waals surface area contributed by atoms with E-state index >= 15 is 0 Å². The Morgan fingerprint density at radius 3 is 2.86 bits per heavy atom. The Balaban J connectivity index is 1.56. The zero-order valence-corrected chi connectivity index (χ0v) is 13.6. The van der Waals surface area contributed by atoms with Gasteiger partial charge < -0.3 is 10.6 Å². The summed E-state index contributed by atoms with van der Waals surface area (Å²) in [5.41, 5.74) is 7.34. The van der Waals surface area contributed by atoms with E-state index in [9.17, 15) is 4.79 Å². The molecule has 0 aromatic carbocycles. The molecule has 0 spiro atoms. The highest BCUT2D eigenvalue weighted by molar-refractivity contribution is 7.11. The van der Waals surface area contributed by atoms with Crippen molar-refractivity contribution in [3.63, 3.8) is 0 Å². The van der Waals surface area contributed by atoms with Gasteiger partial charge in [0, 0.05) is 24.4 Å². The predicted octanol–water partition coefficient (Wildman–Crippen LogP) is 2.50. The number of aryl methyl sites for hydroxylation is 2. The molecule has 2 N–H and O–H groups in total. The van der Waals surface area contributed by atoms with Crippen LogP contribution in [-0.2, 0) is 24.2 Å². The Morgan fingerprint density at radius 1 is 1.33 bits per heavy atom. The number of aromatic nitrogens is 1. The van der Waals surface area contributed by atoms with Crippen molar-refractivity contribution < 1.29 is 4.79 Å². The van der Waals surface area contributed by atoms with Gasteiger partial charge in [-0.1, -0.05) is 6.42 Å². The van der Waals surface area contributed by atoms with Crippen LogP contribution in [0, 0.1) is 5.92 Å². The molecule has 1 aromatic heterocycles. The van der Waals surface area contributed by atoms with Crippen LogP contribution in [0.15, 0.2) is 0 Å². The smallest absolute Gasteiger partial charge is 0.223 e. The molecule has 1 heterocycles. The quantitative estimate of drug-likeness (QED) is 0.930. The van der Waals surface area contributed by atoms with Crippen LogP contribution in [-0.4, -0.2) is 28.9 Å². The minimum Gasteiger partial charge on any atom is -0.339 e. The monoisotopic (exact) mass is 307 g/mol. The minimum atomic E-state index is 0.213. The van der Waals surface area contributed by atoms with Crippen molar-refractivity contribution in [1.82, 2.24) is 9.88 Å². The predicted molar refractivity (Wildman–Crippen MR) is 85.2 cm³/mol. The number of fused-ring (bicyclic) bond motifs is 1. The second-order valence-corrected chi connectivity index (χ2v) is 7.66. The number of carbonyl (C=O) groups is 1. The summed E-state index contributed by atoms with van der Waals surface area (Å²) >= 11 is 1.79. The second-order valence-electron chi connectivity index (χ2n) is 6.49. The summed E-state index contributed by atoms with van der Waals surface area (Å²) in [5.74, 6) is 0.593. The molecule has 0 bridgehead atoms. The molecule has 21 heavy (non-hydrogen) atoms. The highest BCUT2D eigenvalue weighted by Gasteiger charge is 2.27. The van der Waals surface area contributed by atoms with E-state index in [1.165, 1.54) is 36.3 Å². The summed E-state index contributed by atoms with van der Waals surface area (Å²) in [6.45, 7) is 0.651. The van der Waals surface area contributed by atoms with E-state index in [1.807, 2.05) is 11.9 Å². The van der Waals surface area contributed by atoms with E-state index in [0.717, 1.165) is 24.3 Å². The highest BCUT2D eigenvalue weighted by Crippen LogP contribution is 2.29. The van der Waals surface area contributed by atoms with Crippen molar-refractivity contribution in [2.45, 2.75) is 64.0 Å². The molecule has 2 atom stereocenters. The first-order valence-electron chi connectivity index (χ1n) is 8.10. The van der Waals surface area contributed by atoms with Gasteiger partial charge in [0.15, 0.2) is 0 Å². The summed E-state index contributed by atoms with van der Waals surface area (Å²) < 4.78 is 0. The molecule has 5 heteroatoms. The van der Waals surface area contributed by atoms with Crippen molar-refractivity contribution in [1.29, 1.82) is 0 Å². The first-order valence-corrected chi connectivity index (χ1v) is 8.92. The SMILES string of the molecule is CN(Cc1nc2c(s1)CCCC2)C(=O)C[C@@H]1CCC[C@H]1N. The number of thiazole rings is 1. The van der Waals surface area contributed by atoms with E-state index in [4.69, 9.17) is 10.7 Å². The third-order valence-electron chi connectivity index (χ3n) is 4.84. The van der Waals surface area contributed by atoms with Crippen LogP contribution >= 0.6 is 11.3 Å². The van der Waals surface area contributed by atoms with E-state index in [0.29, 0.717) is 18.9 Å². The van der Waals surface area contributed by atoms with Crippen LogP contribution in [0.25, 0.3) is 0 Å². The Labute approximate surface area is 130 Å². The fourth-order valence-corrected chi connectivity index (χ4v) is 4.67. The maximum absolute atomic E-state index is 12.3. The van der Waals surface area contributed by atoms with Crippen LogP contribution in [0.2, 0.25) is 0 Å². The Bertz CT molecular complexity index is 490. The number of rotatable bonds is 4. The molecular weight excluding hydrogens is 282 g/mol. The normalized spacial score (nSPS) is 24.9. The van der Waals surface area contributed by atoms with Gasteiger partial charge in [0.05, 0.1) is 12.2 Å². The fourth-order valence-electron chi connectivity index (χ4n) is 3.46. The fraction of sp³-hybridized carbons (Fsp3) is 0.750. The Kier molecular flexibility index (Phi) is 4.60. The van der Waals surface area contributed by atoms with Crippen molar-refractivity contribution >= 4 is 17.2 Å². The molecule has 116 valence electrons. The standard InChI is InChI=1S/C16H25N3OS/c1-19(16(20)9-11-5-4-6-12(11)17)10-15-18-13-7-2-3-8-14(13)21-15/h11-12H,2-10,17H2,1H3/t11-,12+/m0/s1. The van der Waals surface area contributed by atoms with Gasteiger partial charge >= 0.3 is 0 Å². The minimum absolute atomic E-state index is 0.213. The molecule has 0 saturated heterocycles. The molecule has 1 fully saturated rings. The summed E-state index contributed by atoms with van der Waals surface area (Å²) in [6, 6.07) is 0.217. The number of nitrogens with zero attached hydrogens (tertiary/aromatic N) is 2. The van der Waals surface area contributed by atoms with Gasteiger partial charge in [-0.25, -0.2) is 4.98 Å². The maximum atomic E-state index is 12.3. The number of hydrogen-bond acceptors (Lipinski definition) is 4. The molecule has 2 aliphatic carbocycles. The molecule has 4 nitrogen and oxygen atoms in total. The largest absolute Gasteiger partial charge is 0.339 e. The van der Waals surface area contributed by atoms with Gasteiger partial charge in [0.25, 0.3) is 0 Å². The Hall–Kier alpha value is -0.940. The van der Waals surface area contributed by atoms with Crippen LogP contribution < -0.4 is 5.73 Å². The molecule has 3 rings (SSSR count). The average molecular weight is 307 g/mol. The number of amides is 1. The van der Waals surface area contributed by atoms with Gasteiger partial charge in [-0.05, 0) is 44.4 Å². The summed E-state index contributed by atoms with van der Waals surface area (Å²) in [7, 11) is 1.89. The van der Waals surface area contributed by atoms with Crippen LogP contribution in [0.1, 0.15) is 54.1 Å². The summed E-state index contributed by atoms with van der Waals surface area (Å²) in [6.07, 6.45) is 8.76. The van der Waals surface area contributed by atoms with Crippen LogP contribution in [0.3, 0.4) is 0 Å². The van der Waals surface area contributed by atoms with E-state index in [-0.39, 0.29) is 11.9 Å². The summed E-state index contributed by atoms with van der Waals surface area (Å²) in [4.78, 5) is 20.3. The average Bonchev–Trinajstić information content (AvgIpc) is 3.04. The lowest BCUT2D eigenvalue weighted by Crippen LogP contribution is -2.32. The van der Waals surface area contributed by atoms with Crippen molar-refractivity contribution in [2.75, 3.05) is 7.05 Å². The first-order chi connectivity index (χ1) is 10.1. The molecule has 1 aromatic rings. The molecular formula is C16H25N3OS. The third kappa shape index (κ3) is 3.46. The number of hydrogen-bond donors (Lipinski definition) is 1. The van der Waals surface area contributed by atoms with E-state index in [2.05, 4.69) is 0 Å². The zero-order chi connectivity index (χ0) is 14.8. The summed E-state index contributed by atoms with van der Waals surface area (Å²) in [5, 5.41) is 1.09. The number of nitrogens with two attached hydrogens (primary N) is 1. The topological polar surface area (TPSA) is 59.2 Å². The van der Waals surface area contributed by atoms with Gasteiger partial charge in [-0.3, -0.25) is 4.79 Å². The first kappa shape index (κ1) is 15.0.